The zero-order valence-electron chi connectivity index (χ0n) is 24.0. The number of carbonyl (C=O) groups is 1. The summed E-state index contributed by atoms with van der Waals surface area (Å²) in [4.78, 5) is 23.8. The van der Waals surface area contributed by atoms with E-state index >= 15 is 0 Å². The second-order valence-electron chi connectivity index (χ2n) is 11.6. The highest BCUT2D eigenvalue weighted by Gasteiger charge is 2.45. The molecule has 2 fully saturated rings. The summed E-state index contributed by atoms with van der Waals surface area (Å²) in [5.74, 6) is 0. The van der Waals surface area contributed by atoms with Crippen LogP contribution in [0.2, 0.25) is 5.02 Å². The zero-order chi connectivity index (χ0) is 28.7. The maximum absolute atomic E-state index is 12.8. The first kappa shape index (κ1) is 28.7. The molecule has 3 heterocycles. The summed E-state index contributed by atoms with van der Waals surface area (Å²) in [6.07, 6.45) is 3.77. The monoisotopic (exact) mass is 562 g/mol. The number of aromatic nitrogens is 1. The van der Waals surface area contributed by atoms with Gasteiger partial charge in [0, 0.05) is 61.2 Å². The molecule has 1 aromatic heterocycles. The van der Waals surface area contributed by atoms with Crippen LogP contribution in [-0.2, 0) is 27.4 Å². The highest BCUT2D eigenvalue weighted by atomic mass is 35.5. The lowest BCUT2D eigenvalue weighted by atomic mass is 9.85. The van der Waals surface area contributed by atoms with Gasteiger partial charge in [-0.1, -0.05) is 48.0 Å². The second-order valence-corrected chi connectivity index (χ2v) is 12.1. The quantitative estimate of drug-likeness (QED) is 0.291. The maximum atomic E-state index is 12.8. The van der Waals surface area contributed by atoms with Crippen molar-refractivity contribution in [3.63, 3.8) is 0 Å². The molecule has 0 radical (unpaired) electrons. The fraction of sp³-hybridized carbons (Fsp3) is 0.438. The van der Waals surface area contributed by atoms with Gasteiger partial charge in [-0.25, -0.2) is 0 Å². The molecule has 2 bridgehead atoms. The van der Waals surface area contributed by atoms with Gasteiger partial charge in [0.2, 0.25) is 6.41 Å². The van der Waals surface area contributed by atoms with Crippen LogP contribution in [0.5, 0.6) is 0 Å². The smallest absolute Gasteiger partial charge is 0.212 e. The van der Waals surface area contributed by atoms with Gasteiger partial charge >= 0.3 is 0 Å². The minimum atomic E-state index is -1.24. The molecule has 7 nitrogen and oxygen atoms in total. The Labute approximate surface area is 242 Å². The molecule has 2 aliphatic heterocycles. The van der Waals surface area contributed by atoms with E-state index in [1.165, 1.54) is 6.42 Å². The molecule has 3 unspecified atom stereocenters. The first-order valence-electron chi connectivity index (χ1n) is 13.8. The average Bonchev–Trinajstić information content (AvgIpc) is 3.49. The van der Waals surface area contributed by atoms with Gasteiger partial charge in [0.15, 0.2) is 5.72 Å². The van der Waals surface area contributed by atoms with Crippen LogP contribution in [0.3, 0.4) is 0 Å². The van der Waals surface area contributed by atoms with Crippen molar-refractivity contribution in [2.75, 3.05) is 33.8 Å². The molecule has 4 atom stereocenters. The SMILES string of the molecule is CO[C@](c1ccc(Cl)cc1)(c1ccc(C(C)(O)CN2CC3CC2CN3C)cc1C)N(C=O)Cc1ccc(C)cn1. The van der Waals surface area contributed by atoms with Gasteiger partial charge in [-0.05, 0) is 69.1 Å². The Morgan fingerprint density at radius 2 is 1.82 bits per heavy atom. The molecule has 2 saturated heterocycles. The topological polar surface area (TPSA) is 69.1 Å². The van der Waals surface area contributed by atoms with Gasteiger partial charge in [0.1, 0.15) is 0 Å². The average molecular weight is 563 g/mol. The number of benzene rings is 2. The van der Waals surface area contributed by atoms with Gasteiger partial charge in [-0.2, -0.15) is 0 Å². The van der Waals surface area contributed by atoms with Crippen molar-refractivity contribution in [2.24, 2.45) is 0 Å². The first-order chi connectivity index (χ1) is 19.1. The number of carbonyl (C=O) groups excluding carboxylic acids is 1. The van der Waals surface area contributed by atoms with Crippen molar-refractivity contribution in [3.05, 3.63) is 99.3 Å². The molecule has 5 rings (SSSR count). The number of fused-ring (bicyclic) bond motifs is 2. The Hall–Kier alpha value is -2.81. The molecule has 2 aromatic carbocycles. The predicted octanol–water partition coefficient (Wildman–Crippen LogP) is 4.45. The van der Waals surface area contributed by atoms with Gasteiger partial charge < -0.3 is 19.6 Å². The van der Waals surface area contributed by atoms with E-state index in [0.29, 0.717) is 23.7 Å². The van der Waals surface area contributed by atoms with Crippen LogP contribution >= 0.6 is 11.6 Å². The Morgan fingerprint density at radius 1 is 1.10 bits per heavy atom. The number of ether oxygens (including phenoxy) is 1. The number of amides is 1. The summed E-state index contributed by atoms with van der Waals surface area (Å²) in [6, 6.07) is 18.3. The predicted molar refractivity (Wildman–Crippen MR) is 157 cm³/mol. The standard InChI is InChI=1S/C32H39ClN4O3/c1-22-6-12-27(34-16-22)17-37(21-38)32(40-5,24-7-10-26(33)11-8-24)30-13-9-25(14-23(30)2)31(3,39)20-36-19-28-15-29(36)18-35(28)4/h6-14,16,21,28-29,39H,15,17-20H2,1-5H3/t28?,29?,31?,32-/m1/s1. The molecule has 0 spiro atoms. The molecule has 1 amide bonds. The molecule has 0 saturated carbocycles. The van der Waals surface area contributed by atoms with E-state index in [1.807, 2.05) is 63.2 Å². The van der Waals surface area contributed by atoms with E-state index in [4.69, 9.17) is 16.3 Å². The van der Waals surface area contributed by atoms with Gasteiger partial charge in [-0.3, -0.25) is 14.7 Å². The van der Waals surface area contributed by atoms with E-state index in [2.05, 4.69) is 21.8 Å². The lowest BCUT2D eigenvalue weighted by molar-refractivity contribution is -0.150. The Bertz CT molecular complexity index is 1350. The largest absolute Gasteiger partial charge is 0.384 e. The van der Waals surface area contributed by atoms with Crippen molar-refractivity contribution in [2.45, 2.75) is 57.1 Å². The molecule has 2 aliphatic rings. The number of hydrogen-bond acceptors (Lipinski definition) is 6. The van der Waals surface area contributed by atoms with Gasteiger partial charge in [0.05, 0.1) is 17.8 Å². The second kappa shape index (κ2) is 11.2. The number of hydrogen-bond donors (Lipinski definition) is 1. The highest BCUT2D eigenvalue weighted by molar-refractivity contribution is 6.30. The number of β-amino-alcohol motifs (C(OH)–C–C–N with tert-alkyl or cyclic N) is 1. The summed E-state index contributed by atoms with van der Waals surface area (Å²) in [5, 5.41) is 12.3. The fourth-order valence-electron chi connectivity index (χ4n) is 6.49. The van der Waals surface area contributed by atoms with Gasteiger partial charge in [-0.15, -0.1) is 0 Å². The molecule has 8 heteroatoms. The van der Waals surface area contributed by atoms with Crippen LogP contribution < -0.4 is 0 Å². The van der Waals surface area contributed by atoms with E-state index in [-0.39, 0.29) is 6.54 Å². The Kier molecular flexibility index (Phi) is 8.06. The van der Waals surface area contributed by atoms with Crippen LogP contribution in [0.15, 0.2) is 60.8 Å². The van der Waals surface area contributed by atoms with Crippen molar-refractivity contribution in [1.82, 2.24) is 19.7 Å². The first-order valence-corrected chi connectivity index (χ1v) is 14.2. The maximum Gasteiger partial charge on any atom is 0.212 e. The molecule has 212 valence electrons. The molecular weight excluding hydrogens is 524 g/mol. The van der Waals surface area contributed by atoms with Crippen LogP contribution in [0.1, 0.15) is 46.9 Å². The van der Waals surface area contributed by atoms with Crippen LogP contribution in [-0.4, -0.2) is 77.1 Å². The Balaban J connectivity index is 1.52. The van der Waals surface area contributed by atoms with Gasteiger partial charge in [0.25, 0.3) is 0 Å². The molecule has 1 N–H and O–H groups in total. The number of likely N-dealkylation sites (N-methyl/N-ethyl adjacent to an activating group) is 1. The zero-order valence-corrected chi connectivity index (χ0v) is 24.7. The number of rotatable bonds is 10. The number of nitrogens with zero attached hydrogens (tertiary/aromatic N) is 4. The van der Waals surface area contributed by atoms with Crippen molar-refractivity contribution in [3.8, 4) is 0 Å². The lowest BCUT2D eigenvalue weighted by Gasteiger charge is -2.42. The molecule has 40 heavy (non-hydrogen) atoms. The third-order valence-electron chi connectivity index (χ3n) is 8.72. The number of halogens is 1. The number of piperazine rings is 1. The van der Waals surface area contributed by atoms with Crippen LogP contribution in [0.25, 0.3) is 0 Å². The third kappa shape index (κ3) is 5.29. The van der Waals surface area contributed by atoms with E-state index in [9.17, 15) is 9.90 Å². The van der Waals surface area contributed by atoms with E-state index < -0.39 is 11.3 Å². The van der Waals surface area contributed by atoms with E-state index in [0.717, 1.165) is 53.0 Å². The third-order valence-corrected chi connectivity index (χ3v) is 8.97. The summed E-state index contributed by atoms with van der Waals surface area (Å²) in [5.41, 5.74) is 2.83. The van der Waals surface area contributed by atoms with E-state index in [1.54, 1.807) is 30.3 Å². The summed E-state index contributed by atoms with van der Waals surface area (Å²) < 4.78 is 6.30. The molecule has 3 aromatic rings. The minimum Gasteiger partial charge on any atom is -0.384 e. The molecule has 0 aliphatic carbocycles. The minimum absolute atomic E-state index is 0.241. The number of methoxy groups -OCH3 is 1. The fourth-order valence-corrected chi connectivity index (χ4v) is 6.62. The number of aliphatic hydroxyl groups is 1. The summed E-state index contributed by atoms with van der Waals surface area (Å²) >= 11 is 6.24. The van der Waals surface area contributed by atoms with Crippen molar-refractivity contribution in [1.29, 1.82) is 0 Å². The van der Waals surface area contributed by atoms with Crippen LogP contribution in [0, 0.1) is 13.8 Å². The number of pyridine rings is 1. The molecular formula is C32H39ClN4O3. The van der Waals surface area contributed by atoms with Crippen LogP contribution in [0.4, 0.5) is 0 Å². The van der Waals surface area contributed by atoms with Crippen molar-refractivity contribution < 1.29 is 14.6 Å². The highest BCUT2D eigenvalue weighted by Crippen LogP contribution is 2.41. The lowest BCUT2D eigenvalue weighted by Crippen LogP contribution is -2.49. The summed E-state index contributed by atoms with van der Waals surface area (Å²) in [6.45, 7) is 8.72. The summed E-state index contributed by atoms with van der Waals surface area (Å²) in [7, 11) is 3.79. The normalized spacial score (nSPS) is 22.2. The van der Waals surface area contributed by atoms with Crippen molar-refractivity contribution >= 4 is 18.0 Å². The number of aryl methyl sites for hydroxylation is 2. The number of likely N-dealkylation sites (tertiary alicyclic amines) is 2. The Morgan fingerprint density at radius 3 is 2.38 bits per heavy atom.